The third-order valence-corrected chi connectivity index (χ3v) is 4.21. The molecule has 1 aromatic rings. The average molecular weight is 306 g/mol. The molecule has 0 saturated carbocycles. The summed E-state index contributed by atoms with van der Waals surface area (Å²) >= 11 is 4.87. The summed E-state index contributed by atoms with van der Waals surface area (Å²) < 4.78 is 5.02. The fourth-order valence-corrected chi connectivity index (χ4v) is 2.55. The minimum atomic E-state index is -0.0253. The van der Waals surface area contributed by atoms with Gasteiger partial charge in [0.15, 0.2) is 0 Å². The van der Waals surface area contributed by atoms with Crippen LogP contribution in [0.15, 0.2) is 6.07 Å². The molecule has 0 aromatic carbocycles. The lowest BCUT2D eigenvalue weighted by Gasteiger charge is -2.14. The van der Waals surface area contributed by atoms with Crippen molar-refractivity contribution in [3.8, 4) is 0 Å². The Bertz CT molecular complexity index is 345. The van der Waals surface area contributed by atoms with Gasteiger partial charge in [0.1, 0.15) is 0 Å². The van der Waals surface area contributed by atoms with Crippen molar-refractivity contribution in [2.75, 3.05) is 19.0 Å². The van der Waals surface area contributed by atoms with E-state index in [4.69, 9.17) is 4.74 Å². The highest BCUT2D eigenvalue weighted by Crippen LogP contribution is 2.20. The van der Waals surface area contributed by atoms with Crippen LogP contribution in [0.2, 0.25) is 0 Å². The zero-order valence-corrected chi connectivity index (χ0v) is 12.1. The van der Waals surface area contributed by atoms with E-state index in [1.54, 1.807) is 7.11 Å². The van der Waals surface area contributed by atoms with Crippen molar-refractivity contribution in [2.24, 2.45) is 0 Å². The molecule has 0 fully saturated rings. The van der Waals surface area contributed by atoms with Gasteiger partial charge in [-0.05, 0) is 25.5 Å². The summed E-state index contributed by atoms with van der Waals surface area (Å²) in [7, 11) is 1.63. The van der Waals surface area contributed by atoms with E-state index in [1.807, 2.05) is 19.9 Å². The van der Waals surface area contributed by atoms with Gasteiger partial charge in [-0.3, -0.25) is 4.79 Å². The highest BCUT2D eigenvalue weighted by atomic mass is 79.9. The van der Waals surface area contributed by atoms with Crippen molar-refractivity contribution in [3.05, 3.63) is 21.4 Å². The van der Waals surface area contributed by atoms with E-state index in [2.05, 4.69) is 21.2 Å². The summed E-state index contributed by atoms with van der Waals surface area (Å²) in [4.78, 5) is 13.8. The van der Waals surface area contributed by atoms with Gasteiger partial charge < -0.3 is 10.1 Å². The van der Waals surface area contributed by atoms with Crippen LogP contribution in [-0.4, -0.2) is 31.0 Å². The lowest BCUT2D eigenvalue weighted by atomic mass is 10.2. The highest BCUT2D eigenvalue weighted by Gasteiger charge is 2.14. The minimum Gasteiger partial charge on any atom is -0.383 e. The summed E-state index contributed by atoms with van der Waals surface area (Å²) in [6.07, 6.45) is 0. The van der Waals surface area contributed by atoms with Crippen LogP contribution < -0.4 is 5.32 Å². The summed E-state index contributed by atoms with van der Waals surface area (Å²) in [5, 5.41) is 3.61. The van der Waals surface area contributed by atoms with Crippen LogP contribution in [-0.2, 0) is 4.74 Å². The first-order valence-electron chi connectivity index (χ1n) is 5.01. The number of amides is 1. The molecule has 1 heterocycles. The van der Waals surface area contributed by atoms with Gasteiger partial charge in [-0.25, -0.2) is 0 Å². The van der Waals surface area contributed by atoms with Gasteiger partial charge in [0.05, 0.1) is 17.5 Å². The first kappa shape index (κ1) is 13.7. The Morgan fingerprint density at radius 2 is 2.31 bits per heavy atom. The first-order valence-corrected chi connectivity index (χ1v) is 6.95. The molecule has 1 amide bonds. The number of hydrogen-bond acceptors (Lipinski definition) is 3. The molecule has 1 unspecified atom stereocenters. The summed E-state index contributed by atoms with van der Waals surface area (Å²) in [5.74, 6) is -0.0253. The number of carbonyl (C=O) groups is 1. The number of ether oxygens (including phenoxy) is 1. The van der Waals surface area contributed by atoms with Crippen molar-refractivity contribution >= 4 is 33.2 Å². The number of hydrogen-bond donors (Lipinski definition) is 1. The second kappa shape index (κ2) is 6.37. The number of carbonyl (C=O) groups excluding carboxylic acids is 1. The number of nitrogens with one attached hydrogen (secondary N) is 1. The van der Waals surface area contributed by atoms with Gasteiger partial charge in [0.25, 0.3) is 5.91 Å². The number of thiophene rings is 1. The molecule has 0 aliphatic heterocycles. The highest BCUT2D eigenvalue weighted by molar-refractivity contribution is 9.09. The zero-order chi connectivity index (χ0) is 12.1. The maximum Gasteiger partial charge on any atom is 0.261 e. The fraction of sp³-hybridized carbons (Fsp3) is 0.545. The van der Waals surface area contributed by atoms with Crippen LogP contribution in [0.5, 0.6) is 0 Å². The molecule has 5 heteroatoms. The van der Waals surface area contributed by atoms with E-state index < -0.39 is 0 Å². The van der Waals surface area contributed by atoms with E-state index in [1.165, 1.54) is 16.2 Å². The van der Waals surface area contributed by atoms with Crippen LogP contribution in [0.1, 0.15) is 20.1 Å². The van der Waals surface area contributed by atoms with Crippen LogP contribution >= 0.6 is 27.3 Å². The molecule has 0 aliphatic rings. The smallest absolute Gasteiger partial charge is 0.261 e. The summed E-state index contributed by atoms with van der Waals surface area (Å²) in [6, 6.07) is 1.94. The Morgan fingerprint density at radius 3 is 2.75 bits per heavy atom. The third kappa shape index (κ3) is 3.57. The standard InChI is InChI=1S/C11H16BrNO2S/c1-7-4-10(16-8(7)2)11(14)13-9(5-12)6-15-3/h4,9H,5-6H2,1-3H3,(H,13,14). The van der Waals surface area contributed by atoms with Gasteiger partial charge in [-0.2, -0.15) is 0 Å². The van der Waals surface area contributed by atoms with Crippen molar-refractivity contribution in [3.63, 3.8) is 0 Å². The van der Waals surface area contributed by atoms with Crippen LogP contribution in [0, 0.1) is 13.8 Å². The minimum absolute atomic E-state index is 0.0141. The molecule has 0 radical (unpaired) electrons. The SMILES string of the molecule is COCC(CBr)NC(=O)c1cc(C)c(C)s1. The van der Waals surface area contributed by atoms with Crippen molar-refractivity contribution < 1.29 is 9.53 Å². The van der Waals surface area contributed by atoms with Gasteiger partial charge >= 0.3 is 0 Å². The second-order valence-electron chi connectivity index (χ2n) is 3.63. The Hall–Kier alpha value is -0.390. The monoisotopic (exact) mass is 305 g/mol. The van der Waals surface area contributed by atoms with Gasteiger partial charge in [-0.15, -0.1) is 11.3 Å². The molecule has 90 valence electrons. The summed E-state index contributed by atoms with van der Waals surface area (Å²) in [6.45, 7) is 4.55. The summed E-state index contributed by atoms with van der Waals surface area (Å²) in [5.41, 5.74) is 1.16. The van der Waals surface area contributed by atoms with Crippen LogP contribution in [0.4, 0.5) is 0 Å². The van der Waals surface area contributed by atoms with Crippen molar-refractivity contribution in [2.45, 2.75) is 19.9 Å². The second-order valence-corrected chi connectivity index (χ2v) is 5.53. The maximum atomic E-state index is 11.9. The number of methoxy groups -OCH3 is 1. The topological polar surface area (TPSA) is 38.3 Å². The number of aryl methyl sites for hydroxylation is 2. The van der Waals surface area contributed by atoms with Gasteiger partial charge in [0.2, 0.25) is 0 Å². The van der Waals surface area contributed by atoms with Crippen molar-refractivity contribution in [1.29, 1.82) is 0 Å². The molecule has 0 aliphatic carbocycles. The first-order chi connectivity index (χ1) is 7.58. The molecule has 16 heavy (non-hydrogen) atoms. The Balaban J connectivity index is 2.64. The predicted octanol–water partition coefficient (Wildman–Crippen LogP) is 2.50. The molecule has 0 bridgehead atoms. The maximum absolute atomic E-state index is 11.9. The molecular formula is C11H16BrNO2S. The molecule has 0 saturated heterocycles. The number of halogens is 1. The molecule has 1 rings (SSSR count). The Kier molecular flexibility index (Phi) is 5.44. The Labute approximate surface area is 108 Å². The lowest BCUT2D eigenvalue weighted by Crippen LogP contribution is -2.38. The van der Waals surface area contributed by atoms with Crippen molar-refractivity contribution in [1.82, 2.24) is 5.32 Å². The normalized spacial score (nSPS) is 12.5. The van der Waals surface area contributed by atoms with Gasteiger partial charge in [0, 0.05) is 17.3 Å². The number of alkyl halides is 1. The quantitative estimate of drug-likeness (QED) is 0.849. The molecule has 0 spiro atoms. The van der Waals surface area contributed by atoms with E-state index >= 15 is 0 Å². The van der Waals surface area contributed by atoms with Crippen LogP contribution in [0.25, 0.3) is 0 Å². The number of rotatable bonds is 5. The molecule has 1 aromatic heterocycles. The average Bonchev–Trinajstić information content (AvgIpc) is 2.58. The lowest BCUT2D eigenvalue weighted by molar-refractivity contribution is 0.0912. The van der Waals surface area contributed by atoms with E-state index in [0.29, 0.717) is 11.9 Å². The molecular weight excluding hydrogens is 290 g/mol. The van der Waals surface area contributed by atoms with E-state index in [9.17, 15) is 4.79 Å². The fourth-order valence-electron chi connectivity index (χ4n) is 1.27. The molecule has 1 atom stereocenters. The van der Waals surface area contributed by atoms with Gasteiger partial charge in [-0.1, -0.05) is 15.9 Å². The predicted molar refractivity (Wildman–Crippen MR) is 70.7 cm³/mol. The molecule has 1 N–H and O–H groups in total. The zero-order valence-electron chi connectivity index (χ0n) is 9.67. The van der Waals surface area contributed by atoms with E-state index in [-0.39, 0.29) is 11.9 Å². The third-order valence-electron chi connectivity index (χ3n) is 2.28. The van der Waals surface area contributed by atoms with E-state index in [0.717, 1.165) is 10.4 Å². The molecule has 3 nitrogen and oxygen atoms in total. The van der Waals surface area contributed by atoms with Crippen LogP contribution in [0.3, 0.4) is 0 Å². The largest absolute Gasteiger partial charge is 0.383 e. The Morgan fingerprint density at radius 1 is 1.62 bits per heavy atom.